The number of ether oxygens (including phenoxy) is 2. The number of benzene rings is 2. The van der Waals surface area contributed by atoms with Gasteiger partial charge in [0.1, 0.15) is 18.2 Å². The van der Waals surface area contributed by atoms with Crippen molar-refractivity contribution in [3.05, 3.63) is 40.8 Å². The SMILES string of the molecule is COc1c(OCCN(CCCN(C)C)CCCN(C)C)cc(F)c2c(-c3ccc(O)c(Cl)c3)nc3n[nH]c(C)c3c12. The second-order valence-corrected chi connectivity index (χ2v) is 11.2. The van der Waals surface area contributed by atoms with Crippen molar-refractivity contribution >= 4 is 33.4 Å². The van der Waals surface area contributed by atoms with Crippen LogP contribution in [-0.2, 0) is 0 Å². The average molecular weight is 587 g/mol. The maximum atomic E-state index is 16.0. The predicted molar refractivity (Wildman–Crippen MR) is 163 cm³/mol. The smallest absolute Gasteiger partial charge is 0.182 e. The molecule has 0 aliphatic rings. The summed E-state index contributed by atoms with van der Waals surface area (Å²) in [7, 11) is 9.87. The third-order valence-corrected chi connectivity index (χ3v) is 7.38. The third-order valence-electron chi connectivity index (χ3n) is 7.08. The number of aryl methyl sites for hydroxylation is 1. The molecule has 2 aromatic heterocycles. The van der Waals surface area contributed by atoms with E-state index in [0.717, 1.165) is 44.7 Å². The summed E-state index contributed by atoms with van der Waals surface area (Å²) in [5, 5.41) is 18.8. The molecule has 9 nitrogen and oxygen atoms in total. The third kappa shape index (κ3) is 7.19. The summed E-state index contributed by atoms with van der Waals surface area (Å²) in [5.41, 5.74) is 2.03. The van der Waals surface area contributed by atoms with Gasteiger partial charge in [-0.25, -0.2) is 9.37 Å². The van der Waals surface area contributed by atoms with Crippen LogP contribution in [0.1, 0.15) is 18.5 Å². The van der Waals surface area contributed by atoms with Crippen LogP contribution in [-0.4, -0.2) is 110 Å². The van der Waals surface area contributed by atoms with Gasteiger partial charge >= 0.3 is 0 Å². The number of H-pyrrole nitrogens is 1. The highest BCUT2D eigenvalue weighted by atomic mass is 35.5. The number of aromatic hydroxyl groups is 1. The van der Waals surface area contributed by atoms with Gasteiger partial charge in [-0.05, 0) is 92.3 Å². The summed E-state index contributed by atoms with van der Waals surface area (Å²) in [6.07, 6.45) is 2.11. The van der Waals surface area contributed by atoms with E-state index >= 15 is 4.39 Å². The quantitative estimate of drug-likeness (QED) is 0.209. The Hall–Kier alpha value is -3.18. The summed E-state index contributed by atoms with van der Waals surface area (Å²) in [6, 6.07) is 6.02. The molecule has 0 spiro atoms. The molecule has 0 bridgehead atoms. The maximum Gasteiger partial charge on any atom is 0.182 e. The van der Waals surface area contributed by atoms with Crippen molar-refractivity contribution in [2.75, 3.05) is 74.6 Å². The fourth-order valence-corrected chi connectivity index (χ4v) is 5.23. The summed E-state index contributed by atoms with van der Waals surface area (Å²) in [4.78, 5) is 11.4. The van der Waals surface area contributed by atoms with Gasteiger partial charge in [0.15, 0.2) is 17.1 Å². The first kappa shape index (κ1) is 30.8. The largest absolute Gasteiger partial charge is 0.506 e. The zero-order valence-corrected chi connectivity index (χ0v) is 25.5. The van der Waals surface area contributed by atoms with Gasteiger partial charge in [0.25, 0.3) is 0 Å². The highest BCUT2D eigenvalue weighted by Crippen LogP contribution is 2.45. The van der Waals surface area contributed by atoms with Gasteiger partial charge in [0.2, 0.25) is 0 Å². The van der Waals surface area contributed by atoms with Crippen LogP contribution in [0.3, 0.4) is 0 Å². The topological polar surface area (TPSA) is 90.0 Å². The zero-order valence-electron chi connectivity index (χ0n) is 24.7. The van der Waals surface area contributed by atoms with E-state index in [2.05, 4.69) is 58.1 Å². The first-order valence-electron chi connectivity index (χ1n) is 13.8. The Kier molecular flexibility index (Phi) is 10.2. The van der Waals surface area contributed by atoms with Crippen LogP contribution >= 0.6 is 11.6 Å². The predicted octanol–water partition coefficient (Wildman–Crippen LogP) is 5.18. The van der Waals surface area contributed by atoms with Gasteiger partial charge < -0.3 is 24.4 Å². The van der Waals surface area contributed by atoms with Crippen LogP contribution in [0.2, 0.25) is 5.02 Å². The van der Waals surface area contributed by atoms with Gasteiger partial charge in [-0.3, -0.25) is 10.00 Å². The van der Waals surface area contributed by atoms with Crippen molar-refractivity contribution in [1.29, 1.82) is 0 Å². The van der Waals surface area contributed by atoms with Crippen molar-refractivity contribution < 1.29 is 19.0 Å². The Morgan fingerprint density at radius 2 is 1.63 bits per heavy atom. The standard InChI is InChI=1S/C30H40ClFN6O3/c1-19-25-27-26(28(33-30(25)35-34-19)20-9-10-23(39)21(31)17-20)22(32)18-24(29(27)40-6)41-16-15-38(13-7-11-36(2)3)14-8-12-37(4)5/h9-10,17-18,39H,7-8,11-16H2,1-6H3,(H,33,34,35). The Balaban J connectivity index is 1.69. The molecule has 0 saturated carbocycles. The molecule has 11 heteroatoms. The molecule has 4 aromatic rings. The van der Waals surface area contributed by atoms with Gasteiger partial charge in [0.05, 0.1) is 23.2 Å². The van der Waals surface area contributed by atoms with Crippen LogP contribution in [0.15, 0.2) is 24.3 Å². The van der Waals surface area contributed by atoms with Crippen molar-refractivity contribution in [3.8, 4) is 28.5 Å². The normalized spacial score (nSPS) is 12.0. The molecule has 0 saturated heterocycles. The average Bonchev–Trinajstić information content (AvgIpc) is 3.29. The summed E-state index contributed by atoms with van der Waals surface area (Å²) < 4.78 is 28.1. The van der Waals surface area contributed by atoms with E-state index in [1.807, 2.05) is 6.92 Å². The fraction of sp³-hybridized carbons (Fsp3) is 0.467. The monoisotopic (exact) mass is 586 g/mol. The molecule has 0 atom stereocenters. The number of nitrogens with one attached hydrogen (secondary N) is 1. The second kappa shape index (κ2) is 13.7. The lowest BCUT2D eigenvalue weighted by Crippen LogP contribution is -2.33. The second-order valence-electron chi connectivity index (χ2n) is 10.8. The molecule has 0 fully saturated rings. The molecule has 0 aliphatic carbocycles. The molecule has 41 heavy (non-hydrogen) atoms. The molecule has 4 rings (SSSR count). The molecule has 0 unspecified atom stereocenters. The van der Waals surface area contributed by atoms with Gasteiger partial charge in [-0.2, -0.15) is 5.10 Å². The van der Waals surface area contributed by atoms with Crippen LogP contribution in [0.4, 0.5) is 4.39 Å². The zero-order chi connectivity index (χ0) is 29.7. The lowest BCUT2D eigenvalue weighted by Gasteiger charge is -2.24. The Bertz CT molecular complexity index is 1480. The van der Waals surface area contributed by atoms with Gasteiger partial charge in [-0.1, -0.05) is 11.6 Å². The first-order valence-corrected chi connectivity index (χ1v) is 14.2. The van der Waals surface area contributed by atoms with Crippen LogP contribution in [0, 0.1) is 12.7 Å². The van der Waals surface area contributed by atoms with E-state index < -0.39 is 5.82 Å². The number of hydrogen-bond acceptors (Lipinski definition) is 8. The molecule has 0 amide bonds. The minimum atomic E-state index is -0.501. The lowest BCUT2D eigenvalue weighted by molar-refractivity contribution is 0.191. The molecular formula is C30H40ClFN6O3. The van der Waals surface area contributed by atoms with Crippen LogP contribution in [0.5, 0.6) is 17.2 Å². The molecule has 2 N–H and O–H groups in total. The van der Waals surface area contributed by atoms with Gasteiger partial charge in [0, 0.05) is 34.6 Å². The Morgan fingerprint density at radius 1 is 0.951 bits per heavy atom. The molecule has 0 radical (unpaired) electrons. The van der Waals surface area contributed by atoms with E-state index in [0.29, 0.717) is 52.3 Å². The van der Waals surface area contributed by atoms with Gasteiger partial charge in [-0.15, -0.1) is 0 Å². The number of phenols is 1. The number of hydrogen-bond donors (Lipinski definition) is 2. The van der Waals surface area contributed by atoms with Crippen molar-refractivity contribution in [3.63, 3.8) is 0 Å². The molecule has 0 aliphatic heterocycles. The minimum absolute atomic E-state index is 0.0670. The molecular weight excluding hydrogens is 547 g/mol. The summed E-state index contributed by atoms with van der Waals surface area (Å²) in [6.45, 7) is 6.88. The summed E-state index contributed by atoms with van der Waals surface area (Å²) >= 11 is 6.19. The van der Waals surface area contributed by atoms with E-state index in [1.165, 1.54) is 12.1 Å². The number of rotatable bonds is 14. The number of methoxy groups -OCH3 is 1. The van der Waals surface area contributed by atoms with Crippen molar-refractivity contribution in [1.82, 2.24) is 29.9 Å². The van der Waals surface area contributed by atoms with E-state index in [9.17, 15) is 5.11 Å². The number of phenolic OH excluding ortho intramolecular Hbond substituents is 1. The minimum Gasteiger partial charge on any atom is -0.506 e. The molecule has 2 heterocycles. The Labute approximate surface area is 245 Å². The molecule has 222 valence electrons. The number of aromatic amines is 1. The van der Waals surface area contributed by atoms with Crippen LogP contribution in [0.25, 0.3) is 33.1 Å². The maximum absolute atomic E-state index is 16.0. The number of pyridine rings is 1. The number of nitrogens with zero attached hydrogens (tertiary/aromatic N) is 5. The Morgan fingerprint density at radius 3 is 2.24 bits per heavy atom. The fourth-order valence-electron chi connectivity index (χ4n) is 5.05. The number of halogens is 2. The number of fused-ring (bicyclic) bond motifs is 3. The molecule has 2 aromatic carbocycles. The highest BCUT2D eigenvalue weighted by molar-refractivity contribution is 6.32. The lowest BCUT2D eigenvalue weighted by atomic mass is 9.99. The van der Waals surface area contributed by atoms with E-state index in [1.54, 1.807) is 19.2 Å². The van der Waals surface area contributed by atoms with E-state index in [4.69, 9.17) is 21.1 Å². The number of aromatic nitrogens is 3. The first-order chi connectivity index (χ1) is 19.6. The van der Waals surface area contributed by atoms with E-state index in [-0.39, 0.29) is 16.2 Å². The van der Waals surface area contributed by atoms with Crippen molar-refractivity contribution in [2.24, 2.45) is 0 Å². The van der Waals surface area contributed by atoms with Crippen molar-refractivity contribution in [2.45, 2.75) is 19.8 Å². The highest BCUT2D eigenvalue weighted by Gasteiger charge is 2.24. The summed E-state index contributed by atoms with van der Waals surface area (Å²) in [5.74, 6) is 0.166. The van der Waals surface area contributed by atoms with Crippen LogP contribution < -0.4 is 9.47 Å².